The number of anilines is 1. The van der Waals surface area contributed by atoms with Gasteiger partial charge < -0.3 is 5.32 Å². The first-order valence-corrected chi connectivity index (χ1v) is 9.14. The molecule has 1 saturated carbocycles. The number of hydrogen-bond donors (Lipinski definition) is 1. The zero-order chi connectivity index (χ0) is 13.1. The van der Waals surface area contributed by atoms with E-state index in [1.54, 1.807) is 11.8 Å². The van der Waals surface area contributed by atoms with Gasteiger partial charge in [-0.25, -0.2) is 0 Å². The molecule has 1 N–H and O–H groups in total. The fraction of sp³-hybridized carbons (Fsp3) is 0.533. The third-order valence-electron chi connectivity index (χ3n) is 3.94. The quantitative estimate of drug-likeness (QED) is 0.805. The van der Waals surface area contributed by atoms with Gasteiger partial charge in [-0.2, -0.15) is 0 Å². The molecule has 2 nitrogen and oxygen atoms in total. The molecule has 1 aliphatic carbocycles. The summed E-state index contributed by atoms with van der Waals surface area (Å²) < 4.78 is 0. The van der Waals surface area contributed by atoms with Crippen molar-refractivity contribution < 1.29 is 0 Å². The molecule has 4 heteroatoms. The summed E-state index contributed by atoms with van der Waals surface area (Å²) in [6.07, 6.45) is 8.74. The molecule has 0 atom stereocenters. The zero-order valence-electron chi connectivity index (χ0n) is 11.3. The van der Waals surface area contributed by atoms with Crippen LogP contribution < -0.4 is 5.32 Å². The third kappa shape index (κ3) is 3.11. The summed E-state index contributed by atoms with van der Waals surface area (Å²) >= 11 is 3.66. The minimum atomic E-state index is 0.254. The first-order valence-electron chi connectivity index (χ1n) is 6.93. The molecule has 0 amide bonds. The minimum Gasteiger partial charge on any atom is -0.335 e. The zero-order valence-corrected chi connectivity index (χ0v) is 12.9. The van der Waals surface area contributed by atoms with Gasteiger partial charge in [-0.1, -0.05) is 31.0 Å². The van der Waals surface area contributed by atoms with Gasteiger partial charge in [0.1, 0.15) is 0 Å². The molecule has 0 radical (unpaired) electrons. The Labute approximate surface area is 123 Å². The molecule has 19 heavy (non-hydrogen) atoms. The molecular weight excluding hydrogens is 272 g/mol. The van der Waals surface area contributed by atoms with Crippen LogP contribution in [0.25, 0.3) is 0 Å². The number of nitrogens with one attached hydrogen (secondary N) is 1. The van der Waals surface area contributed by atoms with Crippen LogP contribution >= 0.6 is 23.5 Å². The van der Waals surface area contributed by atoms with Crippen molar-refractivity contribution in [1.29, 1.82) is 0 Å². The Morgan fingerprint density at radius 2 is 1.89 bits per heavy atom. The van der Waals surface area contributed by atoms with Gasteiger partial charge in [0, 0.05) is 16.3 Å². The number of benzene rings is 1. The number of rotatable bonds is 2. The van der Waals surface area contributed by atoms with E-state index in [1.165, 1.54) is 37.0 Å². The Bertz CT molecular complexity index is 462. The topological polar surface area (TPSA) is 24.4 Å². The fourth-order valence-corrected chi connectivity index (χ4v) is 4.43. The van der Waals surface area contributed by atoms with Crippen molar-refractivity contribution >= 4 is 34.4 Å². The summed E-state index contributed by atoms with van der Waals surface area (Å²) in [4.78, 5) is 6.28. The number of hydrogen-bond acceptors (Lipinski definition) is 4. The molecule has 1 aromatic rings. The predicted molar refractivity (Wildman–Crippen MR) is 87.6 cm³/mol. The summed E-state index contributed by atoms with van der Waals surface area (Å²) in [5.41, 5.74) is 1.40. The van der Waals surface area contributed by atoms with Crippen molar-refractivity contribution in [2.24, 2.45) is 4.99 Å². The van der Waals surface area contributed by atoms with Crippen LogP contribution in [0.15, 0.2) is 34.2 Å². The molecule has 0 bridgehead atoms. The number of thioether (sulfide) groups is 2. The standard InChI is InChI=1S/C15H20N2S2/c1-18-13-7-5-12(6-8-13)16-14-17-15(11-19-14)9-3-2-4-10-15/h5-8H,2-4,9-11H2,1H3,(H,16,17). The second-order valence-electron chi connectivity index (χ2n) is 5.34. The van der Waals surface area contributed by atoms with Crippen LogP contribution in [0, 0.1) is 0 Å². The molecule has 1 aliphatic heterocycles. The van der Waals surface area contributed by atoms with Gasteiger partial charge in [0.05, 0.1) is 5.54 Å². The second-order valence-corrected chi connectivity index (χ2v) is 7.19. The second kappa shape index (κ2) is 5.80. The van der Waals surface area contributed by atoms with Crippen LogP contribution in [-0.2, 0) is 0 Å². The highest BCUT2D eigenvalue weighted by Crippen LogP contribution is 2.39. The summed E-state index contributed by atoms with van der Waals surface area (Å²) in [5, 5.41) is 4.58. The van der Waals surface area contributed by atoms with E-state index in [9.17, 15) is 0 Å². The van der Waals surface area contributed by atoms with Crippen LogP contribution in [0.3, 0.4) is 0 Å². The van der Waals surface area contributed by atoms with Gasteiger partial charge in [0.15, 0.2) is 5.17 Å². The summed E-state index contributed by atoms with van der Waals surface area (Å²) in [5.74, 6) is 1.16. The van der Waals surface area contributed by atoms with E-state index >= 15 is 0 Å². The number of amidine groups is 1. The van der Waals surface area contributed by atoms with Crippen molar-refractivity contribution in [3.63, 3.8) is 0 Å². The van der Waals surface area contributed by atoms with E-state index in [0.29, 0.717) is 0 Å². The average Bonchev–Trinajstić information content (AvgIpc) is 2.83. The summed E-state index contributed by atoms with van der Waals surface area (Å²) in [6, 6.07) is 8.59. The maximum Gasteiger partial charge on any atom is 0.161 e. The smallest absolute Gasteiger partial charge is 0.161 e. The normalized spacial score (nSPS) is 21.4. The molecule has 1 spiro atoms. The number of aliphatic imine (C=N–C) groups is 1. The van der Waals surface area contributed by atoms with E-state index in [4.69, 9.17) is 4.99 Å². The Morgan fingerprint density at radius 1 is 1.16 bits per heavy atom. The van der Waals surface area contributed by atoms with E-state index in [2.05, 4.69) is 35.8 Å². The van der Waals surface area contributed by atoms with Crippen molar-refractivity contribution in [1.82, 2.24) is 0 Å². The van der Waals surface area contributed by atoms with E-state index in [1.807, 2.05) is 11.8 Å². The van der Waals surface area contributed by atoms with Gasteiger partial charge >= 0.3 is 0 Å². The lowest BCUT2D eigenvalue weighted by Gasteiger charge is -2.29. The van der Waals surface area contributed by atoms with E-state index < -0.39 is 0 Å². The summed E-state index contributed by atoms with van der Waals surface area (Å²) in [6.45, 7) is 0. The Balaban J connectivity index is 1.67. The lowest BCUT2D eigenvalue weighted by molar-refractivity contribution is 0.335. The van der Waals surface area contributed by atoms with Crippen molar-refractivity contribution in [2.75, 3.05) is 17.3 Å². The molecule has 0 unspecified atom stereocenters. The fourth-order valence-electron chi connectivity index (χ4n) is 2.81. The monoisotopic (exact) mass is 292 g/mol. The van der Waals surface area contributed by atoms with Gasteiger partial charge in [-0.3, -0.25) is 4.99 Å². The molecule has 3 rings (SSSR count). The molecular formula is C15H20N2S2. The SMILES string of the molecule is CSc1ccc(NC2=NC3(CCCCC3)CS2)cc1. The maximum absolute atomic E-state index is 4.98. The average molecular weight is 292 g/mol. The number of nitrogens with zero attached hydrogens (tertiary/aromatic N) is 1. The van der Waals surface area contributed by atoms with Crippen molar-refractivity contribution in [3.05, 3.63) is 24.3 Å². The van der Waals surface area contributed by atoms with E-state index in [0.717, 1.165) is 16.6 Å². The predicted octanol–water partition coefficient (Wildman–Crippen LogP) is 4.63. The van der Waals surface area contributed by atoms with Crippen molar-refractivity contribution in [3.8, 4) is 0 Å². The first kappa shape index (κ1) is 13.4. The largest absolute Gasteiger partial charge is 0.335 e. The van der Waals surface area contributed by atoms with Gasteiger partial charge in [-0.05, 0) is 43.4 Å². The first-order chi connectivity index (χ1) is 9.30. The molecule has 1 aromatic carbocycles. The van der Waals surface area contributed by atoms with Crippen LogP contribution in [-0.4, -0.2) is 22.7 Å². The van der Waals surface area contributed by atoms with Crippen LogP contribution in [0.1, 0.15) is 32.1 Å². The lowest BCUT2D eigenvalue weighted by Crippen LogP contribution is -2.29. The maximum atomic E-state index is 4.98. The lowest BCUT2D eigenvalue weighted by atomic mass is 9.84. The summed E-state index contributed by atoms with van der Waals surface area (Å²) in [7, 11) is 0. The highest BCUT2D eigenvalue weighted by molar-refractivity contribution is 8.14. The van der Waals surface area contributed by atoms with Crippen LogP contribution in [0.5, 0.6) is 0 Å². The Morgan fingerprint density at radius 3 is 2.58 bits per heavy atom. The third-order valence-corrected chi connectivity index (χ3v) is 5.83. The van der Waals surface area contributed by atoms with E-state index in [-0.39, 0.29) is 5.54 Å². The molecule has 0 aromatic heterocycles. The van der Waals surface area contributed by atoms with Crippen LogP contribution in [0.4, 0.5) is 5.69 Å². The van der Waals surface area contributed by atoms with Gasteiger partial charge in [0.25, 0.3) is 0 Å². The Hall–Kier alpha value is -0.610. The van der Waals surface area contributed by atoms with Crippen LogP contribution in [0.2, 0.25) is 0 Å². The van der Waals surface area contributed by atoms with Gasteiger partial charge in [0.2, 0.25) is 0 Å². The minimum absolute atomic E-state index is 0.254. The molecule has 102 valence electrons. The molecule has 1 fully saturated rings. The molecule has 0 saturated heterocycles. The molecule has 2 aliphatic rings. The molecule has 1 heterocycles. The van der Waals surface area contributed by atoms with Gasteiger partial charge in [-0.15, -0.1) is 11.8 Å². The highest BCUT2D eigenvalue weighted by Gasteiger charge is 2.36. The highest BCUT2D eigenvalue weighted by atomic mass is 32.2. The van der Waals surface area contributed by atoms with Crippen molar-refractivity contribution in [2.45, 2.75) is 42.5 Å². The Kier molecular flexibility index (Phi) is 4.08.